The van der Waals surface area contributed by atoms with Gasteiger partial charge in [-0.3, -0.25) is 4.98 Å². The Morgan fingerprint density at radius 2 is 0.516 bits per heavy atom. The zero-order valence-electron chi connectivity index (χ0n) is 69.9. The molecule has 0 spiro atoms. The van der Waals surface area contributed by atoms with Crippen LogP contribution in [0, 0.1) is 20.8 Å². The maximum Gasteiger partial charge on any atom is 0.115 e. The summed E-state index contributed by atoms with van der Waals surface area (Å²) in [5.74, 6) is 0. The third-order valence-electron chi connectivity index (χ3n) is 26.8. The number of aryl methyl sites for hydroxylation is 3. The summed E-state index contributed by atoms with van der Waals surface area (Å²) in [5, 5.41) is 15.9. The molecule has 0 unspecified atom stereocenters. The molecule has 3 heterocycles. The first-order chi connectivity index (χ1) is 59.5. The van der Waals surface area contributed by atoms with E-state index in [1.165, 1.54) is 209 Å². The number of para-hydroxylation sites is 3. The summed E-state index contributed by atoms with van der Waals surface area (Å²) in [6.45, 7) is 20.6. The van der Waals surface area contributed by atoms with Gasteiger partial charge in [-0.25, -0.2) is 19.9 Å². The predicted molar refractivity (Wildman–Crippen MR) is 513 cm³/mol. The topological polar surface area (TPSA) is 64.5 Å². The summed E-state index contributed by atoms with van der Waals surface area (Å²) >= 11 is 0. The first-order valence-electron chi connectivity index (χ1n) is 42.6. The molecule has 5 heteroatoms. The van der Waals surface area contributed by atoms with Crippen LogP contribution in [0.15, 0.2) is 365 Å². The molecule has 18 aromatic carbocycles. The highest BCUT2D eigenvalue weighted by Crippen LogP contribution is 2.56. The minimum Gasteiger partial charge on any atom is -0.252 e. The lowest BCUT2D eigenvalue weighted by atomic mass is 9.81. The second kappa shape index (κ2) is 28.5. The van der Waals surface area contributed by atoms with Crippen molar-refractivity contribution in [1.82, 2.24) is 24.9 Å². The Balaban J connectivity index is 0.000000110. The fraction of sp³-hybridized carbons (Fsp3) is 0.103. The van der Waals surface area contributed by atoms with Crippen LogP contribution >= 0.6 is 0 Å². The predicted octanol–water partition coefficient (Wildman–Crippen LogP) is 30.8. The highest BCUT2D eigenvalue weighted by molar-refractivity contribution is 6.25. The van der Waals surface area contributed by atoms with Crippen LogP contribution in [0.2, 0.25) is 0 Å². The van der Waals surface area contributed by atoms with Gasteiger partial charge in [0.2, 0.25) is 0 Å². The van der Waals surface area contributed by atoms with Crippen LogP contribution in [0.3, 0.4) is 0 Å². The maximum atomic E-state index is 5.34. The maximum absolute atomic E-state index is 5.34. The zero-order valence-corrected chi connectivity index (χ0v) is 69.9. The Morgan fingerprint density at radius 1 is 0.197 bits per heavy atom. The van der Waals surface area contributed by atoms with E-state index >= 15 is 0 Å². The molecule has 3 aromatic heterocycles. The Kier molecular flexibility index (Phi) is 17.2. The lowest BCUT2D eigenvalue weighted by Gasteiger charge is -2.22. The fourth-order valence-electron chi connectivity index (χ4n) is 21.0. The number of pyridine rings is 1. The van der Waals surface area contributed by atoms with Gasteiger partial charge < -0.3 is 0 Å². The van der Waals surface area contributed by atoms with Gasteiger partial charge >= 0.3 is 0 Å². The summed E-state index contributed by atoms with van der Waals surface area (Å²) < 4.78 is 0. The molecule has 0 fully saturated rings. The van der Waals surface area contributed by atoms with Crippen molar-refractivity contribution in [1.29, 1.82) is 0 Å². The minimum atomic E-state index is -0.0206. The molecule has 24 rings (SSSR count). The number of nitrogens with zero attached hydrogens (tertiary/aromatic N) is 5. The summed E-state index contributed by atoms with van der Waals surface area (Å²) in [4.78, 5) is 23.9. The zero-order chi connectivity index (χ0) is 82.4. The summed E-state index contributed by atoms with van der Waals surface area (Å²) in [6, 6.07) is 124. The van der Waals surface area contributed by atoms with Crippen LogP contribution in [0.4, 0.5) is 0 Å². The van der Waals surface area contributed by atoms with E-state index in [4.69, 9.17) is 15.0 Å². The quantitative estimate of drug-likeness (QED) is 0.149. The molecule has 0 radical (unpaired) electrons. The van der Waals surface area contributed by atoms with E-state index in [0.29, 0.717) is 0 Å². The molecule has 0 N–H and O–H groups in total. The number of rotatable bonds is 7. The van der Waals surface area contributed by atoms with Crippen LogP contribution in [0.25, 0.3) is 198 Å². The van der Waals surface area contributed by atoms with Crippen molar-refractivity contribution >= 4 is 86.6 Å². The fourth-order valence-corrected chi connectivity index (χ4v) is 21.0. The van der Waals surface area contributed by atoms with Gasteiger partial charge in [0, 0.05) is 56.3 Å². The average Bonchev–Trinajstić information content (AvgIpc) is 1.09. The van der Waals surface area contributed by atoms with Gasteiger partial charge in [0.15, 0.2) is 0 Å². The van der Waals surface area contributed by atoms with E-state index in [1.54, 1.807) is 6.33 Å². The second-order valence-electron chi connectivity index (χ2n) is 35.1. The highest BCUT2D eigenvalue weighted by atomic mass is 14.8. The van der Waals surface area contributed by atoms with Crippen molar-refractivity contribution in [3.05, 3.63) is 415 Å². The first-order valence-corrected chi connectivity index (χ1v) is 42.6. The Morgan fingerprint density at radius 3 is 0.951 bits per heavy atom. The third kappa shape index (κ3) is 11.8. The van der Waals surface area contributed by atoms with Crippen molar-refractivity contribution in [2.45, 2.75) is 78.6 Å². The van der Waals surface area contributed by atoms with Crippen LogP contribution in [-0.4, -0.2) is 24.9 Å². The Bertz CT molecular complexity index is 7950. The monoisotopic (exact) mass is 1560 g/mol. The molecule has 0 bridgehead atoms. The van der Waals surface area contributed by atoms with E-state index in [2.05, 4.69) is 388 Å². The molecule has 0 saturated carbocycles. The molecule has 21 aromatic rings. The number of hydrogen-bond acceptors (Lipinski definition) is 5. The number of benzene rings is 18. The number of fused-ring (bicyclic) bond motifs is 17. The number of aromatic nitrogens is 5. The van der Waals surface area contributed by atoms with Crippen LogP contribution in [0.5, 0.6) is 0 Å². The molecule has 122 heavy (non-hydrogen) atoms. The van der Waals surface area contributed by atoms with Gasteiger partial charge in [-0.15, -0.1) is 0 Å². The van der Waals surface area contributed by atoms with Crippen LogP contribution < -0.4 is 0 Å². The lowest BCUT2D eigenvalue weighted by molar-refractivity contribution is 0.660. The normalized spacial score (nSPS) is 13.5. The molecule has 0 saturated heterocycles. The molecule has 0 aliphatic heterocycles. The molecule has 580 valence electrons. The van der Waals surface area contributed by atoms with Crippen LogP contribution in [0.1, 0.15) is 91.6 Å². The molecule has 0 atom stereocenters. The van der Waals surface area contributed by atoms with E-state index in [1.807, 2.05) is 42.9 Å². The summed E-state index contributed by atoms with van der Waals surface area (Å²) in [7, 11) is 0. The third-order valence-corrected chi connectivity index (χ3v) is 26.8. The SMILES string of the molecule is Cc1ccc2c(-c3cc(-c4ccccc4)c4ccccc4n3)c3ccccc3c(-c3ccc4c(c3)-c3ccccc3C4(C)C)c2c1.Cc1ccc2c(-c3cnc4ccccc4n3)c3ccccc3c(-c3ccc4c(c3)-c3ccccc3C4(C)C)c2c1.Cc1ccc2c(-c3cncnc3)c3ccccc3c(-c3ccc4c(c3)-c3ccccc3C4(C)C)c2c1. The van der Waals surface area contributed by atoms with Crippen molar-refractivity contribution < 1.29 is 0 Å². The van der Waals surface area contributed by atoms with E-state index < -0.39 is 0 Å². The molecule has 5 nitrogen and oxygen atoms in total. The van der Waals surface area contributed by atoms with E-state index in [9.17, 15) is 0 Å². The van der Waals surface area contributed by atoms with Gasteiger partial charge in [0.1, 0.15) is 6.33 Å². The molecular formula is C117H87N5. The standard InChI is InChI=1S/C45H33N.C38H28N2.C34H26N2/c1-28-21-23-35-38(25-28)43(30-22-24-40-37(26-30)31-15-9-11-19-39(31)45(40,2)3)33-17-7-8-18-34(33)44(35)42-27-36(29-13-5-4-6-14-29)32-16-10-12-20-41(32)46-42;1-23-16-18-28-30(20-23)36(24-17-19-32-29(21-24)25-10-6-7-13-31(25)38(32,2)3)26-11-4-5-12-27(26)37(28)35-22-39-33-14-8-9-15-34(33)40-35;1-21-12-14-27-29(16-21)32(25-9-4-5-10-26(25)33(27)23-18-35-20-36-19-23)22-13-15-31-28(17-22)24-8-6-7-11-30(24)34(31,2)3/h4-27H,1-3H3;4-22H,1-3H3;4-20H,1-3H3. The van der Waals surface area contributed by atoms with Crippen molar-refractivity contribution in [3.63, 3.8) is 0 Å². The van der Waals surface area contributed by atoms with E-state index in [-0.39, 0.29) is 16.2 Å². The van der Waals surface area contributed by atoms with Gasteiger partial charge in [0.05, 0.1) is 34.1 Å². The Labute approximate surface area is 711 Å². The molecular weight excluding hydrogens is 1480 g/mol. The summed E-state index contributed by atoms with van der Waals surface area (Å²) in [6.07, 6.45) is 7.36. The smallest absolute Gasteiger partial charge is 0.115 e. The Hall–Kier alpha value is -14.7. The first kappa shape index (κ1) is 73.7. The highest BCUT2D eigenvalue weighted by Gasteiger charge is 2.39. The molecule has 3 aliphatic carbocycles. The van der Waals surface area contributed by atoms with Gasteiger partial charge in [-0.2, -0.15) is 0 Å². The van der Waals surface area contributed by atoms with Crippen molar-refractivity contribution in [2.75, 3.05) is 0 Å². The van der Waals surface area contributed by atoms with Gasteiger partial charge in [0.25, 0.3) is 0 Å². The lowest BCUT2D eigenvalue weighted by Crippen LogP contribution is -2.14. The number of hydrogen-bond donors (Lipinski definition) is 0. The largest absolute Gasteiger partial charge is 0.252 e. The van der Waals surface area contributed by atoms with Crippen molar-refractivity contribution in [3.8, 4) is 112 Å². The minimum absolute atomic E-state index is 0.00233. The van der Waals surface area contributed by atoms with Gasteiger partial charge in [-0.1, -0.05) is 355 Å². The summed E-state index contributed by atoms with van der Waals surface area (Å²) in [5.41, 5.74) is 39.5. The van der Waals surface area contributed by atoms with Gasteiger partial charge in [-0.05, 0) is 239 Å². The second-order valence-corrected chi connectivity index (χ2v) is 35.1. The van der Waals surface area contributed by atoms with E-state index in [0.717, 1.165) is 39.1 Å². The average molecular weight is 1560 g/mol. The van der Waals surface area contributed by atoms with Crippen LogP contribution in [-0.2, 0) is 16.2 Å². The molecule has 0 amide bonds. The van der Waals surface area contributed by atoms with Crippen molar-refractivity contribution in [2.24, 2.45) is 0 Å². The molecule has 3 aliphatic rings.